The first kappa shape index (κ1) is 19.8. The summed E-state index contributed by atoms with van der Waals surface area (Å²) in [5.74, 6) is 2.26. The molecule has 0 amide bonds. The topological polar surface area (TPSA) is 94.1 Å². The van der Waals surface area contributed by atoms with Gasteiger partial charge in [0, 0.05) is 36.3 Å². The first-order valence-electron chi connectivity index (χ1n) is 8.85. The maximum absolute atomic E-state index is 11.8. The van der Waals surface area contributed by atoms with Gasteiger partial charge in [0.05, 0.1) is 4.90 Å². The lowest BCUT2D eigenvalue weighted by atomic mass is 10.2. The Balaban J connectivity index is 1.80. The Morgan fingerprint density at radius 3 is 2.68 bits per heavy atom. The average molecular weight is 398 g/mol. The molecule has 1 aromatic carbocycles. The Morgan fingerprint density at radius 2 is 1.93 bits per heavy atom. The van der Waals surface area contributed by atoms with Gasteiger partial charge in [-0.05, 0) is 37.6 Å². The van der Waals surface area contributed by atoms with Crippen molar-refractivity contribution in [1.29, 1.82) is 0 Å². The number of sulfone groups is 1. The monoisotopic (exact) mass is 398 g/mol. The molecule has 0 atom stereocenters. The van der Waals surface area contributed by atoms with Gasteiger partial charge in [0.15, 0.2) is 9.84 Å². The Hall–Kier alpha value is -3.00. The summed E-state index contributed by atoms with van der Waals surface area (Å²) in [6.07, 6.45) is 3.62. The third-order valence-electron chi connectivity index (χ3n) is 4.01. The fourth-order valence-corrected chi connectivity index (χ4v) is 3.27. The first-order valence-corrected chi connectivity index (χ1v) is 10.7. The van der Waals surface area contributed by atoms with Crippen LogP contribution in [0.25, 0.3) is 0 Å². The van der Waals surface area contributed by atoms with Crippen molar-refractivity contribution < 1.29 is 13.2 Å². The molecule has 0 spiro atoms. The van der Waals surface area contributed by atoms with Crippen molar-refractivity contribution in [2.24, 2.45) is 0 Å². The molecule has 7 nitrogen and oxygen atoms in total. The Bertz CT molecular complexity index is 1080. The van der Waals surface area contributed by atoms with Crippen molar-refractivity contribution in [2.45, 2.75) is 31.7 Å². The Morgan fingerprint density at radius 1 is 1.11 bits per heavy atom. The minimum absolute atomic E-state index is 0.198. The maximum Gasteiger partial charge on any atom is 0.224 e. The van der Waals surface area contributed by atoms with E-state index in [0.717, 1.165) is 29.8 Å². The number of pyridine rings is 1. The number of hydrogen-bond acceptors (Lipinski definition) is 7. The van der Waals surface area contributed by atoms with Crippen LogP contribution in [0, 0.1) is 6.92 Å². The zero-order valence-corrected chi connectivity index (χ0v) is 16.8. The van der Waals surface area contributed by atoms with Crippen LogP contribution in [0.2, 0.25) is 0 Å². The number of anilines is 1. The third kappa shape index (κ3) is 5.04. The van der Waals surface area contributed by atoms with E-state index >= 15 is 0 Å². The van der Waals surface area contributed by atoms with Crippen LogP contribution in [0.3, 0.4) is 0 Å². The van der Waals surface area contributed by atoms with Gasteiger partial charge in [-0.15, -0.1) is 0 Å². The highest BCUT2D eigenvalue weighted by molar-refractivity contribution is 7.90. The summed E-state index contributed by atoms with van der Waals surface area (Å²) in [5.41, 5.74) is 1.79. The molecule has 1 N–H and O–H groups in total. The minimum Gasteiger partial charge on any atom is -0.439 e. The number of rotatable bonds is 7. The van der Waals surface area contributed by atoms with E-state index in [1.54, 1.807) is 18.3 Å². The highest BCUT2D eigenvalue weighted by Crippen LogP contribution is 2.25. The van der Waals surface area contributed by atoms with Gasteiger partial charge in [0.25, 0.3) is 0 Å². The van der Waals surface area contributed by atoms with E-state index in [2.05, 4.69) is 20.3 Å². The molecule has 3 rings (SSSR count). The predicted molar refractivity (Wildman–Crippen MR) is 107 cm³/mol. The Labute approximate surface area is 164 Å². The minimum atomic E-state index is -3.31. The second-order valence-corrected chi connectivity index (χ2v) is 8.33. The van der Waals surface area contributed by atoms with Crippen LogP contribution in [0.4, 0.5) is 5.82 Å². The third-order valence-corrected chi connectivity index (χ3v) is 5.12. The molecular weight excluding hydrogens is 376 g/mol. The van der Waals surface area contributed by atoms with Crippen molar-refractivity contribution >= 4 is 15.7 Å². The molecule has 146 valence electrons. The standard InChI is InChI=1S/C20H22N4O3S/c1-4-16-11-19(24-14(2)23-16)22-13-15-7-6-10-21-20(15)27-17-8-5-9-18(12-17)28(3,25)26/h5-12H,4,13H2,1-3H3,(H,22,23,24). The van der Waals surface area contributed by atoms with Crippen molar-refractivity contribution in [3.63, 3.8) is 0 Å². The van der Waals surface area contributed by atoms with Crippen molar-refractivity contribution in [3.8, 4) is 11.6 Å². The largest absolute Gasteiger partial charge is 0.439 e. The smallest absolute Gasteiger partial charge is 0.224 e. The summed E-state index contributed by atoms with van der Waals surface area (Å²) in [5, 5.41) is 3.27. The van der Waals surface area contributed by atoms with Crippen LogP contribution in [0.5, 0.6) is 11.6 Å². The van der Waals surface area contributed by atoms with Gasteiger partial charge >= 0.3 is 0 Å². The fourth-order valence-electron chi connectivity index (χ4n) is 2.62. The van der Waals surface area contributed by atoms with Crippen LogP contribution < -0.4 is 10.1 Å². The fraction of sp³-hybridized carbons (Fsp3) is 0.250. The number of nitrogens with zero attached hydrogens (tertiary/aromatic N) is 3. The Kier molecular flexibility index (Phi) is 5.89. The molecule has 0 bridgehead atoms. The molecule has 28 heavy (non-hydrogen) atoms. The zero-order chi connectivity index (χ0) is 20.1. The van der Waals surface area contributed by atoms with Crippen LogP contribution in [0.15, 0.2) is 53.6 Å². The maximum atomic E-state index is 11.8. The molecule has 0 unspecified atom stereocenters. The zero-order valence-electron chi connectivity index (χ0n) is 16.0. The molecule has 2 aromatic heterocycles. The van der Waals surface area contributed by atoms with Gasteiger partial charge in [0.2, 0.25) is 5.88 Å². The van der Waals surface area contributed by atoms with E-state index in [1.807, 2.05) is 32.0 Å². The van der Waals surface area contributed by atoms with Crippen molar-refractivity contribution in [2.75, 3.05) is 11.6 Å². The van der Waals surface area contributed by atoms with E-state index in [1.165, 1.54) is 12.1 Å². The predicted octanol–water partition coefficient (Wildman–Crippen LogP) is 3.55. The quantitative estimate of drug-likeness (QED) is 0.650. The van der Waals surface area contributed by atoms with E-state index < -0.39 is 9.84 Å². The van der Waals surface area contributed by atoms with Crippen LogP contribution >= 0.6 is 0 Å². The van der Waals surface area contributed by atoms with E-state index in [-0.39, 0.29) is 4.90 Å². The number of hydrogen-bond donors (Lipinski definition) is 1. The van der Waals surface area contributed by atoms with Gasteiger partial charge in [-0.25, -0.2) is 23.4 Å². The molecule has 8 heteroatoms. The van der Waals surface area contributed by atoms with Crippen LogP contribution in [-0.4, -0.2) is 29.6 Å². The molecule has 0 saturated heterocycles. The molecular formula is C20H22N4O3S. The first-order chi connectivity index (χ1) is 13.3. The van der Waals surface area contributed by atoms with Gasteiger partial charge in [0.1, 0.15) is 17.4 Å². The molecule has 0 aliphatic rings. The molecule has 3 aromatic rings. The molecule has 0 radical (unpaired) electrons. The number of ether oxygens (including phenoxy) is 1. The van der Waals surface area contributed by atoms with E-state index in [9.17, 15) is 8.42 Å². The summed E-state index contributed by atoms with van der Waals surface area (Å²) < 4.78 is 29.4. The van der Waals surface area contributed by atoms with Gasteiger partial charge in [-0.1, -0.05) is 19.1 Å². The summed E-state index contributed by atoms with van der Waals surface area (Å²) in [4.78, 5) is 13.3. The molecule has 0 aliphatic heterocycles. The van der Waals surface area contributed by atoms with Crippen molar-refractivity contribution in [1.82, 2.24) is 15.0 Å². The van der Waals surface area contributed by atoms with E-state index in [4.69, 9.17) is 4.74 Å². The molecule has 0 fully saturated rings. The second kappa shape index (κ2) is 8.35. The number of aromatic nitrogens is 3. The number of nitrogens with one attached hydrogen (secondary N) is 1. The van der Waals surface area contributed by atoms with Gasteiger partial charge < -0.3 is 10.1 Å². The number of benzene rings is 1. The second-order valence-electron chi connectivity index (χ2n) is 6.32. The van der Waals surface area contributed by atoms with Gasteiger partial charge in [-0.2, -0.15) is 0 Å². The summed E-state index contributed by atoms with van der Waals surface area (Å²) >= 11 is 0. The highest BCUT2D eigenvalue weighted by Gasteiger charge is 2.11. The van der Waals surface area contributed by atoms with Crippen molar-refractivity contribution in [3.05, 3.63) is 65.7 Å². The normalized spacial score (nSPS) is 11.2. The average Bonchev–Trinajstić information content (AvgIpc) is 2.66. The molecule has 2 heterocycles. The van der Waals surface area contributed by atoms with E-state index in [0.29, 0.717) is 24.0 Å². The van der Waals surface area contributed by atoms with Crippen LogP contribution in [-0.2, 0) is 22.8 Å². The van der Waals surface area contributed by atoms with Gasteiger partial charge in [-0.3, -0.25) is 0 Å². The molecule has 0 aliphatic carbocycles. The molecule has 0 saturated carbocycles. The summed E-state index contributed by atoms with van der Waals surface area (Å²) in [6.45, 7) is 4.36. The highest BCUT2D eigenvalue weighted by atomic mass is 32.2. The summed E-state index contributed by atoms with van der Waals surface area (Å²) in [6, 6.07) is 12.0. The van der Waals surface area contributed by atoms with Crippen LogP contribution in [0.1, 0.15) is 24.0 Å². The summed E-state index contributed by atoms with van der Waals surface area (Å²) in [7, 11) is -3.31. The SMILES string of the molecule is CCc1cc(NCc2cccnc2Oc2cccc(S(C)(=O)=O)c2)nc(C)n1. The number of aryl methyl sites for hydroxylation is 2. The lowest BCUT2D eigenvalue weighted by Crippen LogP contribution is -2.06. The lowest BCUT2D eigenvalue weighted by molar-refractivity contribution is 0.455. The lowest BCUT2D eigenvalue weighted by Gasteiger charge is -2.12.